The molecule has 9 heteroatoms. The van der Waals surface area contributed by atoms with Crippen LogP contribution in [-0.2, 0) is 11.3 Å². The van der Waals surface area contributed by atoms with Crippen LogP contribution in [0.2, 0.25) is 5.02 Å². The molecule has 1 aliphatic carbocycles. The van der Waals surface area contributed by atoms with Crippen molar-refractivity contribution >= 4 is 50.9 Å². The molecule has 2 saturated heterocycles. The molecular formula is C28H34ClN5O2S. The van der Waals surface area contributed by atoms with E-state index in [9.17, 15) is 9.90 Å². The van der Waals surface area contributed by atoms with Crippen molar-refractivity contribution in [3.63, 3.8) is 0 Å². The summed E-state index contributed by atoms with van der Waals surface area (Å²) in [6.07, 6.45) is 4.03. The highest BCUT2D eigenvalue weighted by Crippen LogP contribution is 2.45. The van der Waals surface area contributed by atoms with Crippen LogP contribution in [0, 0.1) is 24.2 Å². The van der Waals surface area contributed by atoms with Crippen LogP contribution in [-0.4, -0.2) is 58.2 Å². The first-order valence-electron chi connectivity index (χ1n) is 13.3. The number of aliphatic carboxylic acids is 1. The number of aromatic nitrogens is 2. The average Bonchev–Trinajstić information content (AvgIpc) is 3.29. The normalized spacial score (nSPS) is 26.6. The predicted molar refractivity (Wildman–Crippen MR) is 150 cm³/mol. The van der Waals surface area contributed by atoms with Gasteiger partial charge in [0.15, 0.2) is 0 Å². The van der Waals surface area contributed by atoms with Gasteiger partial charge in [0.1, 0.15) is 10.6 Å². The summed E-state index contributed by atoms with van der Waals surface area (Å²) in [6.45, 7) is 8.83. The first-order valence-corrected chi connectivity index (χ1v) is 14.5. The number of anilines is 2. The fraction of sp³-hybridized carbons (Fsp3) is 0.536. The summed E-state index contributed by atoms with van der Waals surface area (Å²) in [5, 5.41) is 16.9. The lowest BCUT2D eigenvalue weighted by Gasteiger charge is -2.52. The van der Waals surface area contributed by atoms with Crippen LogP contribution in [0.5, 0.6) is 0 Å². The van der Waals surface area contributed by atoms with E-state index in [-0.39, 0.29) is 0 Å². The summed E-state index contributed by atoms with van der Waals surface area (Å²) >= 11 is 7.78. The first-order chi connectivity index (χ1) is 17.8. The van der Waals surface area contributed by atoms with Gasteiger partial charge < -0.3 is 20.2 Å². The van der Waals surface area contributed by atoms with Crippen molar-refractivity contribution in [2.24, 2.45) is 17.3 Å². The number of carboxylic acids is 1. The fourth-order valence-electron chi connectivity index (χ4n) is 6.30. The van der Waals surface area contributed by atoms with Gasteiger partial charge in [-0.25, -0.2) is 4.98 Å². The molecule has 7 nitrogen and oxygen atoms in total. The topological polar surface area (TPSA) is 81.6 Å². The zero-order valence-electron chi connectivity index (χ0n) is 21.4. The van der Waals surface area contributed by atoms with Gasteiger partial charge >= 0.3 is 5.97 Å². The molecule has 0 radical (unpaired) electrons. The van der Waals surface area contributed by atoms with E-state index >= 15 is 0 Å². The molecule has 2 aromatic heterocycles. The monoisotopic (exact) mass is 539 g/mol. The van der Waals surface area contributed by atoms with Gasteiger partial charge in [-0.2, -0.15) is 4.98 Å². The molecule has 4 heterocycles. The molecule has 3 aromatic rings. The number of likely N-dealkylation sites (tertiary alicyclic amines) is 1. The molecule has 0 unspecified atom stereocenters. The quantitative estimate of drug-likeness (QED) is 0.400. The molecule has 1 saturated carbocycles. The molecule has 1 aromatic carbocycles. The van der Waals surface area contributed by atoms with Crippen LogP contribution >= 0.6 is 22.9 Å². The summed E-state index contributed by atoms with van der Waals surface area (Å²) in [6, 6.07) is 8.51. The summed E-state index contributed by atoms with van der Waals surface area (Å²) in [5.41, 5.74) is 1.84. The molecule has 3 fully saturated rings. The number of halogens is 1. The highest BCUT2D eigenvalue weighted by Gasteiger charge is 2.49. The molecule has 37 heavy (non-hydrogen) atoms. The van der Waals surface area contributed by atoms with Gasteiger partial charge in [-0.3, -0.25) is 4.79 Å². The molecule has 0 amide bonds. The second-order valence-corrected chi connectivity index (χ2v) is 12.8. The second kappa shape index (κ2) is 9.71. The van der Waals surface area contributed by atoms with Crippen molar-refractivity contribution in [1.82, 2.24) is 14.9 Å². The molecule has 3 aliphatic rings. The lowest BCUT2D eigenvalue weighted by atomic mass is 9.65. The Morgan fingerprint density at radius 3 is 2.78 bits per heavy atom. The van der Waals surface area contributed by atoms with E-state index in [0.29, 0.717) is 24.4 Å². The van der Waals surface area contributed by atoms with Crippen LogP contribution in [0.1, 0.15) is 43.7 Å². The second-order valence-electron chi connectivity index (χ2n) is 11.4. The van der Waals surface area contributed by atoms with E-state index in [1.165, 1.54) is 18.4 Å². The number of benzene rings is 1. The largest absolute Gasteiger partial charge is 0.481 e. The Morgan fingerprint density at radius 1 is 1.22 bits per heavy atom. The molecule has 2 aliphatic heterocycles. The summed E-state index contributed by atoms with van der Waals surface area (Å²) in [4.78, 5) is 27.2. The number of nitrogens with zero attached hydrogens (tertiary/aromatic N) is 4. The molecular weight excluding hydrogens is 506 g/mol. The number of thiophene rings is 1. The Hall–Kier alpha value is -2.42. The standard InChI is InChI=1S/C28H34ClN5O2S/c1-17-10-21(29)6-5-18(17)13-30-24-23-7-9-37-25(23)32-27(31-24)34-15-20(16-34)19-4-3-8-33(14-19)22-11-28(2,12-22)26(35)36/h5-7,9-10,19-20,22H,3-4,8,11-16H2,1-2H3,(H,35,36)(H,30,31,32)/t19-,22?,28?/m0/s1. The summed E-state index contributed by atoms with van der Waals surface area (Å²) in [5.74, 6) is 2.36. The Kier molecular flexibility index (Phi) is 6.53. The van der Waals surface area contributed by atoms with Gasteiger partial charge in [-0.15, -0.1) is 11.3 Å². The van der Waals surface area contributed by atoms with Crippen molar-refractivity contribution in [3.8, 4) is 0 Å². The summed E-state index contributed by atoms with van der Waals surface area (Å²) in [7, 11) is 0. The number of fused-ring (bicyclic) bond motifs is 1. The Morgan fingerprint density at radius 2 is 2.03 bits per heavy atom. The molecule has 0 spiro atoms. The minimum Gasteiger partial charge on any atom is -0.481 e. The van der Waals surface area contributed by atoms with Crippen LogP contribution in [0.25, 0.3) is 10.2 Å². The van der Waals surface area contributed by atoms with Crippen molar-refractivity contribution in [1.29, 1.82) is 0 Å². The SMILES string of the molecule is Cc1cc(Cl)ccc1CNc1nc(N2CC([C@H]3CCCN(C4CC(C)(C(=O)O)C4)C3)C2)nc2sccc12. The molecule has 1 atom stereocenters. The third-order valence-electron chi connectivity index (χ3n) is 8.82. The minimum absolute atomic E-state index is 0.433. The van der Waals surface area contributed by atoms with E-state index in [1.807, 2.05) is 19.1 Å². The predicted octanol–water partition coefficient (Wildman–Crippen LogP) is 5.67. The number of carboxylic acid groups (broad SMARTS) is 1. The van der Waals surface area contributed by atoms with E-state index < -0.39 is 11.4 Å². The lowest BCUT2D eigenvalue weighted by molar-refractivity contribution is -0.158. The Labute approximate surface area is 226 Å². The zero-order chi connectivity index (χ0) is 25.7. The highest BCUT2D eigenvalue weighted by molar-refractivity contribution is 7.16. The maximum atomic E-state index is 11.5. The summed E-state index contributed by atoms with van der Waals surface area (Å²) < 4.78 is 0. The molecule has 2 N–H and O–H groups in total. The van der Waals surface area contributed by atoms with E-state index in [2.05, 4.69) is 39.6 Å². The van der Waals surface area contributed by atoms with Gasteiger partial charge in [0.05, 0.1) is 10.8 Å². The van der Waals surface area contributed by atoms with Crippen molar-refractivity contribution in [3.05, 3.63) is 45.8 Å². The van der Waals surface area contributed by atoms with Gasteiger partial charge in [0.25, 0.3) is 0 Å². The number of hydrogen-bond acceptors (Lipinski definition) is 7. The van der Waals surface area contributed by atoms with Crippen molar-refractivity contribution in [2.75, 3.05) is 36.4 Å². The van der Waals surface area contributed by atoms with Crippen LogP contribution in [0.3, 0.4) is 0 Å². The molecule has 6 rings (SSSR count). The number of hydrogen-bond donors (Lipinski definition) is 2. The van der Waals surface area contributed by atoms with Crippen LogP contribution in [0.4, 0.5) is 11.8 Å². The van der Waals surface area contributed by atoms with E-state index in [1.54, 1.807) is 11.3 Å². The molecule has 0 bridgehead atoms. The van der Waals surface area contributed by atoms with Crippen molar-refractivity contribution < 1.29 is 9.90 Å². The number of rotatable bonds is 7. The zero-order valence-corrected chi connectivity index (χ0v) is 23.0. The number of aryl methyl sites for hydroxylation is 1. The van der Waals surface area contributed by atoms with Crippen LogP contribution < -0.4 is 10.2 Å². The van der Waals surface area contributed by atoms with Crippen LogP contribution in [0.15, 0.2) is 29.6 Å². The number of carbonyl (C=O) groups is 1. The Bertz CT molecular complexity index is 1320. The first kappa shape index (κ1) is 24.9. The maximum absolute atomic E-state index is 11.5. The van der Waals surface area contributed by atoms with Crippen molar-refractivity contribution in [2.45, 2.75) is 52.1 Å². The highest BCUT2D eigenvalue weighted by atomic mass is 35.5. The van der Waals surface area contributed by atoms with Gasteiger partial charge in [0.2, 0.25) is 5.95 Å². The minimum atomic E-state index is -0.646. The maximum Gasteiger partial charge on any atom is 0.309 e. The van der Waals surface area contributed by atoms with E-state index in [0.717, 1.165) is 71.6 Å². The third kappa shape index (κ3) is 4.79. The fourth-order valence-corrected chi connectivity index (χ4v) is 7.29. The Balaban J connectivity index is 1.09. The lowest BCUT2D eigenvalue weighted by Crippen LogP contribution is -2.58. The third-order valence-corrected chi connectivity index (χ3v) is 9.86. The number of piperidine rings is 1. The average molecular weight is 540 g/mol. The smallest absolute Gasteiger partial charge is 0.309 e. The van der Waals surface area contributed by atoms with Gasteiger partial charge in [-0.1, -0.05) is 17.7 Å². The van der Waals surface area contributed by atoms with Gasteiger partial charge in [-0.05, 0) is 92.6 Å². The molecule has 196 valence electrons. The number of nitrogens with one attached hydrogen (secondary N) is 1. The van der Waals surface area contributed by atoms with Gasteiger partial charge in [0, 0.05) is 37.2 Å². The van der Waals surface area contributed by atoms with E-state index in [4.69, 9.17) is 21.6 Å².